The third kappa shape index (κ3) is 5.50. The van der Waals surface area contributed by atoms with Gasteiger partial charge in [-0.25, -0.2) is 9.37 Å². The van der Waals surface area contributed by atoms with Crippen molar-refractivity contribution >= 4 is 23.4 Å². The molecule has 0 radical (unpaired) electrons. The number of carbonyl (C=O) groups is 1. The molecule has 4 rings (SSSR count). The fourth-order valence-corrected chi connectivity index (χ4v) is 4.48. The van der Waals surface area contributed by atoms with Crippen LogP contribution in [0.5, 0.6) is 0 Å². The minimum Gasteiger partial charge on any atom is -0.363 e. The second-order valence-corrected chi connectivity index (χ2v) is 9.81. The number of aromatic nitrogens is 2. The molecular weight excluding hydrogens is 419 g/mol. The average molecular weight is 453 g/mol. The number of anilines is 3. The van der Waals surface area contributed by atoms with Gasteiger partial charge in [0.25, 0.3) is 0 Å². The third-order valence-corrected chi connectivity index (χ3v) is 6.42. The summed E-state index contributed by atoms with van der Waals surface area (Å²) >= 11 is 0. The first-order valence-electron chi connectivity index (χ1n) is 11.6. The summed E-state index contributed by atoms with van der Waals surface area (Å²) in [6.07, 6.45) is 5.16. The fourth-order valence-electron chi connectivity index (χ4n) is 4.48. The van der Waals surface area contributed by atoms with Crippen LogP contribution < -0.4 is 10.6 Å². The van der Waals surface area contributed by atoms with E-state index in [4.69, 9.17) is 0 Å². The van der Waals surface area contributed by atoms with Gasteiger partial charge in [0.1, 0.15) is 0 Å². The lowest BCUT2D eigenvalue weighted by Crippen LogP contribution is -2.44. The first-order valence-corrected chi connectivity index (χ1v) is 11.6. The lowest BCUT2D eigenvalue weighted by molar-refractivity contribution is -0.127. The predicted octanol–water partition coefficient (Wildman–Crippen LogP) is 4.10. The van der Waals surface area contributed by atoms with E-state index in [2.05, 4.69) is 65.0 Å². The number of likely N-dealkylation sites (tertiary alicyclic amines) is 1. The van der Waals surface area contributed by atoms with Gasteiger partial charge in [0.15, 0.2) is 11.6 Å². The first kappa shape index (κ1) is 23.2. The molecule has 0 aliphatic carbocycles. The second-order valence-electron chi connectivity index (χ2n) is 9.81. The number of nitrogens with zero attached hydrogens (tertiary/aromatic N) is 4. The molecule has 0 spiro atoms. The summed E-state index contributed by atoms with van der Waals surface area (Å²) in [5, 5.41) is 6.37. The molecule has 1 saturated heterocycles. The zero-order chi connectivity index (χ0) is 23.6. The highest BCUT2D eigenvalue weighted by atomic mass is 19.1. The molecule has 1 aromatic heterocycles. The van der Waals surface area contributed by atoms with Gasteiger partial charge in [0.2, 0.25) is 11.9 Å². The number of hydrogen-bond donors (Lipinski definition) is 2. The maximum absolute atomic E-state index is 14.4. The zero-order valence-electron chi connectivity index (χ0n) is 19.7. The Balaban J connectivity index is 1.44. The topological polar surface area (TPSA) is 73.4 Å². The molecule has 2 N–H and O–H groups in total. The molecule has 8 heteroatoms. The largest absolute Gasteiger partial charge is 0.363 e. The van der Waals surface area contributed by atoms with Crippen LogP contribution in [-0.4, -0.2) is 56.9 Å². The summed E-state index contributed by atoms with van der Waals surface area (Å²) < 4.78 is 14.4. The molecule has 33 heavy (non-hydrogen) atoms. The number of hydrogen-bond acceptors (Lipinski definition) is 6. The first-order chi connectivity index (χ1) is 15.7. The van der Waals surface area contributed by atoms with Crippen LogP contribution in [0.1, 0.15) is 44.7 Å². The molecule has 1 amide bonds. The molecule has 1 fully saturated rings. The lowest BCUT2D eigenvalue weighted by Gasteiger charge is -2.39. The molecule has 2 aromatic rings. The van der Waals surface area contributed by atoms with Crippen LogP contribution in [0.25, 0.3) is 0 Å². The standard InChI is InChI=1S/C25H33FN6O/c1-5-22(33)31-11-6-7-20(16-31)28-23-21(26)14-27-24(30-23)29-19-9-8-18-15-32(25(2,3)4)12-10-17(18)13-19/h5,8-9,13-14,20H,1,6-7,10-12,15-16H2,2-4H3,(H2,27,28,29,30)/t20-/m1/s1. The minimum atomic E-state index is -0.513. The van der Waals surface area contributed by atoms with Gasteiger partial charge in [0, 0.05) is 43.4 Å². The van der Waals surface area contributed by atoms with Crippen LogP contribution in [0.3, 0.4) is 0 Å². The van der Waals surface area contributed by atoms with Crippen molar-refractivity contribution in [1.29, 1.82) is 0 Å². The Labute approximate surface area is 195 Å². The summed E-state index contributed by atoms with van der Waals surface area (Å²) in [4.78, 5) is 24.6. The van der Waals surface area contributed by atoms with E-state index in [1.54, 1.807) is 4.90 Å². The second kappa shape index (κ2) is 9.47. The van der Waals surface area contributed by atoms with Gasteiger partial charge in [0.05, 0.1) is 6.20 Å². The van der Waals surface area contributed by atoms with E-state index in [0.29, 0.717) is 19.0 Å². The fraction of sp³-hybridized carbons (Fsp3) is 0.480. The van der Waals surface area contributed by atoms with Crippen LogP contribution in [0, 0.1) is 5.82 Å². The van der Waals surface area contributed by atoms with E-state index < -0.39 is 5.82 Å². The number of piperidine rings is 1. The molecule has 1 aromatic carbocycles. The van der Waals surface area contributed by atoms with Gasteiger partial charge >= 0.3 is 0 Å². The molecule has 176 valence electrons. The lowest BCUT2D eigenvalue weighted by atomic mass is 9.95. The van der Waals surface area contributed by atoms with Crippen LogP contribution in [0.4, 0.5) is 21.8 Å². The Bertz CT molecular complexity index is 1030. The van der Waals surface area contributed by atoms with E-state index in [-0.39, 0.29) is 23.3 Å². The van der Waals surface area contributed by atoms with Crippen LogP contribution in [0.15, 0.2) is 37.1 Å². The number of carbonyl (C=O) groups excluding carboxylic acids is 1. The van der Waals surface area contributed by atoms with E-state index in [1.165, 1.54) is 23.4 Å². The van der Waals surface area contributed by atoms with E-state index >= 15 is 0 Å². The SMILES string of the molecule is C=CC(=O)N1CCC[C@@H](Nc2nc(Nc3ccc4c(c3)CCN(C(C)(C)C)C4)ncc2F)C1. The zero-order valence-corrected chi connectivity index (χ0v) is 19.7. The molecule has 0 saturated carbocycles. The quantitative estimate of drug-likeness (QED) is 0.666. The average Bonchev–Trinajstić information content (AvgIpc) is 2.80. The highest BCUT2D eigenvalue weighted by Crippen LogP contribution is 2.28. The Kier molecular flexibility index (Phi) is 6.65. The van der Waals surface area contributed by atoms with Gasteiger partial charge < -0.3 is 15.5 Å². The molecule has 7 nitrogen and oxygen atoms in total. The van der Waals surface area contributed by atoms with E-state index in [0.717, 1.165) is 38.0 Å². The normalized spacial score (nSPS) is 19.0. The number of nitrogens with one attached hydrogen (secondary N) is 2. The Morgan fingerprint density at radius 2 is 2.09 bits per heavy atom. The number of benzene rings is 1. The van der Waals surface area contributed by atoms with Gasteiger partial charge in [-0.2, -0.15) is 4.98 Å². The van der Waals surface area contributed by atoms with Crippen molar-refractivity contribution in [1.82, 2.24) is 19.8 Å². The molecule has 2 aliphatic heterocycles. The summed E-state index contributed by atoms with van der Waals surface area (Å²) in [6.45, 7) is 13.4. The molecule has 1 atom stereocenters. The van der Waals surface area contributed by atoms with Crippen molar-refractivity contribution in [3.05, 3.63) is 54.0 Å². The summed E-state index contributed by atoms with van der Waals surface area (Å²) in [7, 11) is 0. The molecule has 2 aliphatic rings. The van der Waals surface area contributed by atoms with E-state index in [1.807, 2.05) is 6.07 Å². The van der Waals surface area contributed by atoms with Crippen LogP contribution >= 0.6 is 0 Å². The summed E-state index contributed by atoms with van der Waals surface area (Å²) in [5.74, 6) is -0.143. The minimum absolute atomic E-state index is 0.0746. The van der Waals surface area contributed by atoms with Crippen molar-refractivity contribution in [3.63, 3.8) is 0 Å². The predicted molar refractivity (Wildman–Crippen MR) is 129 cm³/mol. The maximum Gasteiger partial charge on any atom is 0.246 e. The molecule has 0 unspecified atom stereocenters. The molecular formula is C25H33FN6O. The Morgan fingerprint density at radius 3 is 2.85 bits per heavy atom. The maximum atomic E-state index is 14.4. The van der Waals surface area contributed by atoms with Gasteiger partial charge in [-0.05, 0) is 69.4 Å². The van der Waals surface area contributed by atoms with E-state index in [9.17, 15) is 9.18 Å². The number of rotatable bonds is 5. The van der Waals surface area contributed by atoms with Crippen LogP contribution in [-0.2, 0) is 17.8 Å². The Morgan fingerprint density at radius 1 is 1.27 bits per heavy atom. The highest BCUT2D eigenvalue weighted by Gasteiger charge is 2.26. The molecule has 3 heterocycles. The van der Waals surface area contributed by atoms with Gasteiger partial charge in [-0.15, -0.1) is 0 Å². The molecule has 0 bridgehead atoms. The number of amides is 1. The summed E-state index contributed by atoms with van der Waals surface area (Å²) in [6, 6.07) is 6.22. The van der Waals surface area contributed by atoms with Gasteiger partial charge in [-0.1, -0.05) is 12.6 Å². The van der Waals surface area contributed by atoms with Crippen molar-refractivity contribution in [3.8, 4) is 0 Å². The van der Waals surface area contributed by atoms with Crippen molar-refractivity contribution in [2.24, 2.45) is 0 Å². The smallest absolute Gasteiger partial charge is 0.246 e. The summed E-state index contributed by atoms with van der Waals surface area (Å²) in [5.41, 5.74) is 3.68. The number of halogens is 1. The third-order valence-electron chi connectivity index (χ3n) is 6.42. The highest BCUT2D eigenvalue weighted by molar-refractivity contribution is 5.87. The van der Waals surface area contributed by atoms with Crippen molar-refractivity contribution < 1.29 is 9.18 Å². The van der Waals surface area contributed by atoms with Crippen molar-refractivity contribution in [2.75, 3.05) is 30.3 Å². The van der Waals surface area contributed by atoms with Crippen LogP contribution in [0.2, 0.25) is 0 Å². The number of fused-ring (bicyclic) bond motifs is 1. The van der Waals surface area contributed by atoms with Gasteiger partial charge in [-0.3, -0.25) is 9.69 Å². The Hall–Kier alpha value is -3.00. The van der Waals surface area contributed by atoms with Crippen molar-refractivity contribution in [2.45, 2.75) is 58.2 Å². The monoisotopic (exact) mass is 452 g/mol.